The van der Waals surface area contributed by atoms with E-state index in [0.717, 1.165) is 11.4 Å². The average Bonchev–Trinajstić information content (AvgIpc) is 1.86. The molecule has 0 atom stereocenters. The van der Waals surface area contributed by atoms with Crippen LogP contribution in [0.1, 0.15) is 25.2 Å². The summed E-state index contributed by atoms with van der Waals surface area (Å²) in [5.41, 5.74) is 0.827. The van der Waals surface area contributed by atoms with E-state index in [9.17, 15) is 5.11 Å². The van der Waals surface area contributed by atoms with Crippen molar-refractivity contribution in [1.29, 1.82) is 0 Å². The van der Waals surface area contributed by atoms with Gasteiger partial charge < -0.3 is 5.11 Å². The molecule has 0 amide bonds. The summed E-state index contributed by atoms with van der Waals surface area (Å²) < 4.78 is 0. The summed E-state index contributed by atoms with van der Waals surface area (Å²) in [7, 11) is 0. The van der Waals surface area contributed by atoms with Crippen molar-refractivity contribution >= 4 is 0 Å². The molecule has 0 unspecified atom stereocenters. The molecule has 0 aliphatic heterocycles. The Morgan fingerprint density at radius 3 is 2.36 bits per heavy atom. The van der Waals surface area contributed by atoms with E-state index in [0.29, 0.717) is 0 Å². The van der Waals surface area contributed by atoms with Gasteiger partial charge in [0, 0.05) is 5.69 Å². The summed E-state index contributed by atoms with van der Waals surface area (Å²) in [6, 6.07) is 5.64. The molecule has 1 heterocycles. The summed E-state index contributed by atoms with van der Waals surface area (Å²) in [6.07, 6.45) is 0. The fourth-order valence-corrected chi connectivity index (χ4v) is 0.884. The van der Waals surface area contributed by atoms with Crippen LogP contribution in [0.4, 0.5) is 0 Å². The summed E-state index contributed by atoms with van der Waals surface area (Å²) in [6.45, 7) is 5.37. The Morgan fingerprint density at radius 1 is 1.36 bits per heavy atom. The SMILES string of the molecule is Cc1cccc(C(C)(C)O)n1. The first-order chi connectivity index (χ1) is 5.00. The predicted octanol–water partition coefficient (Wildman–Crippen LogP) is 1.62. The molecule has 0 radical (unpaired) electrons. The molecular formula is C9H13NO. The monoisotopic (exact) mass is 151 g/mol. The molecule has 0 aliphatic rings. The van der Waals surface area contributed by atoms with Crippen molar-refractivity contribution < 1.29 is 5.11 Å². The Balaban J connectivity index is 3.06. The maximum absolute atomic E-state index is 9.55. The lowest BCUT2D eigenvalue weighted by Crippen LogP contribution is -2.17. The molecule has 0 aliphatic carbocycles. The highest BCUT2D eigenvalue weighted by molar-refractivity contribution is 5.14. The largest absolute Gasteiger partial charge is 0.384 e. The minimum atomic E-state index is -0.827. The number of hydrogen-bond donors (Lipinski definition) is 1. The molecule has 0 bridgehead atoms. The number of hydrogen-bond acceptors (Lipinski definition) is 2. The van der Waals surface area contributed by atoms with E-state index < -0.39 is 5.60 Å². The lowest BCUT2D eigenvalue weighted by molar-refractivity contribution is 0.0737. The first-order valence-electron chi connectivity index (χ1n) is 3.66. The maximum Gasteiger partial charge on any atom is 0.101 e. The minimum absolute atomic E-state index is 0.720. The van der Waals surface area contributed by atoms with Crippen LogP contribution >= 0.6 is 0 Å². The number of rotatable bonds is 1. The van der Waals surface area contributed by atoms with Crippen molar-refractivity contribution in [3.8, 4) is 0 Å². The zero-order chi connectivity index (χ0) is 8.48. The third-order valence-corrected chi connectivity index (χ3v) is 1.52. The van der Waals surface area contributed by atoms with Gasteiger partial charge in [0.2, 0.25) is 0 Å². The Hall–Kier alpha value is -0.890. The van der Waals surface area contributed by atoms with E-state index in [4.69, 9.17) is 0 Å². The molecule has 1 aromatic heterocycles. The average molecular weight is 151 g/mol. The number of nitrogens with zero attached hydrogens (tertiary/aromatic N) is 1. The van der Waals surface area contributed by atoms with Crippen LogP contribution in [0.5, 0.6) is 0 Å². The smallest absolute Gasteiger partial charge is 0.101 e. The molecule has 0 aromatic carbocycles. The second kappa shape index (κ2) is 2.62. The highest BCUT2D eigenvalue weighted by Crippen LogP contribution is 2.16. The molecule has 1 N–H and O–H groups in total. The van der Waals surface area contributed by atoms with E-state index in [1.807, 2.05) is 25.1 Å². The van der Waals surface area contributed by atoms with Crippen LogP contribution in [0.15, 0.2) is 18.2 Å². The van der Waals surface area contributed by atoms with Crippen LogP contribution < -0.4 is 0 Å². The lowest BCUT2D eigenvalue weighted by Gasteiger charge is -2.16. The standard InChI is InChI=1S/C9H13NO/c1-7-5-4-6-8(10-7)9(2,3)11/h4-6,11H,1-3H3. The van der Waals surface area contributed by atoms with Gasteiger partial charge in [-0.3, -0.25) is 4.98 Å². The second-order valence-electron chi connectivity index (χ2n) is 3.22. The number of aryl methyl sites for hydroxylation is 1. The van der Waals surface area contributed by atoms with Gasteiger partial charge in [0.05, 0.1) is 5.69 Å². The molecule has 11 heavy (non-hydrogen) atoms. The third-order valence-electron chi connectivity index (χ3n) is 1.52. The lowest BCUT2D eigenvalue weighted by atomic mass is 10.0. The van der Waals surface area contributed by atoms with Gasteiger partial charge in [-0.25, -0.2) is 0 Å². The summed E-state index contributed by atoms with van der Waals surface area (Å²) in [5, 5.41) is 9.55. The van der Waals surface area contributed by atoms with Gasteiger partial charge in [0.1, 0.15) is 5.60 Å². The van der Waals surface area contributed by atoms with Gasteiger partial charge in [0.15, 0.2) is 0 Å². The van der Waals surface area contributed by atoms with Crippen molar-refractivity contribution in [3.05, 3.63) is 29.6 Å². The number of aliphatic hydroxyl groups is 1. The van der Waals surface area contributed by atoms with Crippen molar-refractivity contribution in [3.63, 3.8) is 0 Å². The Labute approximate surface area is 66.9 Å². The summed E-state index contributed by atoms with van der Waals surface area (Å²) >= 11 is 0. The van der Waals surface area contributed by atoms with Gasteiger partial charge >= 0.3 is 0 Å². The fourth-order valence-electron chi connectivity index (χ4n) is 0.884. The van der Waals surface area contributed by atoms with Crippen LogP contribution in [0.2, 0.25) is 0 Å². The Bertz CT molecular complexity index is 250. The molecular weight excluding hydrogens is 138 g/mol. The summed E-state index contributed by atoms with van der Waals surface area (Å²) in [4.78, 5) is 4.19. The Morgan fingerprint density at radius 2 is 2.00 bits per heavy atom. The predicted molar refractivity (Wildman–Crippen MR) is 44.2 cm³/mol. The summed E-state index contributed by atoms with van der Waals surface area (Å²) in [5.74, 6) is 0. The Kier molecular flexibility index (Phi) is 1.96. The van der Waals surface area contributed by atoms with E-state index in [-0.39, 0.29) is 0 Å². The van der Waals surface area contributed by atoms with Gasteiger partial charge in [0.25, 0.3) is 0 Å². The zero-order valence-electron chi connectivity index (χ0n) is 7.13. The quantitative estimate of drug-likeness (QED) is 0.661. The van der Waals surface area contributed by atoms with Crippen molar-refractivity contribution in [1.82, 2.24) is 4.98 Å². The molecule has 1 aromatic rings. The molecule has 0 saturated heterocycles. The second-order valence-corrected chi connectivity index (χ2v) is 3.22. The first-order valence-corrected chi connectivity index (χ1v) is 3.66. The molecule has 1 rings (SSSR count). The third kappa shape index (κ3) is 2.02. The first kappa shape index (κ1) is 8.21. The molecule has 60 valence electrons. The highest BCUT2D eigenvalue weighted by atomic mass is 16.3. The van der Waals surface area contributed by atoms with E-state index in [2.05, 4.69) is 4.98 Å². The maximum atomic E-state index is 9.55. The normalized spacial score (nSPS) is 11.6. The zero-order valence-corrected chi connectivity index (χ0v) is 7.13. The topological polar surface area (TPSA) is 33.1 Å². The fraction of sp³-hybridized carbons (Fsp3) is 0.444. The van der Waals surface area contributed by atoms with E-state index in [1.54, 1.807) is 13.8 Å². The molecule has 0 fully saturated rings. The minimum Gasteiger partial charge on any atom is -0.384 e. The molecule has 2 heteroatoms. The van der Waals surface area contributed by atoms with Crippen LogP contribution in [0.25, 0.3) is 0 Å². The van der Waals surface area contributed by atoms with Crippen LogP contribution in [-0.4, -0.2) is 10.1 Å². The van der Waals surface area contributed by atoms with E-state index >= 15 is 0 Å². The van der Waals surface area contributed by atoms with Crippen molar-refractivity contribution in [2.45, 2.75) is 26.4 Å². The molecule has 0 spiro atoms. The van der Waals surface area contributed by atoms with Crippen molar-refractivity contribution in [2.75, 3.05) is 0 Å². The van der Waals surface area contributed by atoms with Gasteiger partial charge in [-0.15, -0.1) is 0 Å². The van der Waals surface area contributed by atoms with Gasteiger partial charge in [-0.05, 0) is 32.9 Å². The van der Waals surface area contributed by atoms with Crippen LogP contribution in [0.3, 0.4) is 0 Å². The van der Waals surface area contributed by atoms with Gasteiger partial charge in [-0.2, -0.15) is 0 Å². The van der Waals surface area contributed by atoms with E-state index in [1.165, 1.54) is 0 Å². The highest BCUT2D eigenvalue weighted by Gasteiger charge is 2.16. The van der Waals surface area contributed by atoms with Crippen molar-refractivity contribution in [2.24, 2.45) is 0 Å². The molecule has 2 nitrogen and oxygen atoms in total. The van der Waals surface area contributed by atoms with Gasteiger partial charge in [-0.1, -0.05) is 6.07 Å². The van der Waals surface area contributed by atoms with Crippen LogP contribution in [-0.2, 0) is 5.60 Å². The number of pyridine rings is 1. The van der Waals surface area contributed by atoms with Crippen LogP contribution in [0, 0.1) is 6.92 Å². The molecule has 0 saturated carbocycles. The number of aromatic nitrogens is 1.